The highest BCUT2D eigenvalue weighted by Crippen LogP contribution is 2.18. The van der Waals surface area contributed by atoms with E-state index in [1.165, 1.54) is 24.3 Å². The van der Waals surface area contributed by atoms with Gasteiger partial charge in [0, 0.05) is 5.69 Å². The van der Waals surface area contributed by atoms with Crippen LogP contribution < -0.4 is 10.1 Å². The van der Waals surface area contributed by atoms with E-state index in [1.54, 1.807) is 11.6 Å². The van der Waals surface area contributed by atoms with Gasteiger partial charge in [-0.15, -0.1) is 5.10 Å². The van der Waals surface area contributed by atoms with Gasteiger partial charge in [-0.1, -0.05) is 5.21 Å². The third kappa shape index (κ3) is 3.65. The lowest BCUT2D eigenvalue weighted by Gasteiger charge is -2.07. The molecule has 3 aromatic rings. The van der Waals surface area contributed by atoms with E-state index in [9.17, 15) is 9.18 Å². The Morgan fingerprint density at radius 2 is 1.84 bits per heavy atom. The molecule has 1 heterocycles. The summed E-state index contributed by atoms with van der Waals surface area (Å²) in [5.74, 6) is -0.00443. The minimum absolute atomic E-state index is 0.207. The number of aromatic nitrogens is 3. The highest BCUT2D eigenvalue weighted by atomic mass is 19.1. The van der Waals surface area contributed by atoms with Gasteiger partial charge < -0.3 is 10.1 Å². The van der Waals surface area contributed by atoms with E-state index < -0.39 is 5.91 Å². The number of hydrogen-bond acceptors (Lipinski definition) is 4. The molecule has 0 fully saturated rings. The van der Waals surface area contributed by atoms with Crippen molar-refractivity contribution in [3.05, 3.63) is 65.7 Å². The fraction of sp³-hybridized carbons (Fsp3) is 0.167. The zero-order valence-corrected chi connectivity index (χ0v) is 13.9. The summed E-state index contributed by atoms with van der Waals surface area (Å²) in [4.78, 5) is 12.4. The molecule has 0 atom stereocenters. The van der Waals surface area contributed by atoms with Crippen molar-refractivity contribution in [2.75, 3.05) is 11.9 Å². The highest BCUT2D eigenvalue weighted by molar-refractivity contribution is 6.03. The minimum Gasteiger partial charge on any atom is -0.494 e. The third-order valence-corrected chi connectivity index (χ3v) is 3.60. The predicted octanol–water partition coefficient (Wildman–Crippen LogP) is 3.37. The summed E-state index contributed by atoms with van der Waals surface area (Å²) in [5, 5.41) is 10.7. The second-order valence-electron chi connectivity index (χ2n) is 5.32. The Kier molecular flexibility index (Phi) is 4.74. The normalized spacial score (nSPS) is 10.5. The highest BCUT2D eigenvalue weighted by Gasteiger charge is 2.17. The maximum absolute atomic E-state index is 12.9. The fourth-order valence-electron chi connectivity index (χ4n) is 2.36. The number of hydrogen-bond donors (Lipinski definition) is 1. The van der Waals surface area contributed by atoms with Gasteiger partial charge in [0.1, 0.15) is 11.6 Å². The maximum atomic E-state index is 12.9. The zero-order chi connectivity index (χ0) is 17.8. The van der Waals surface area contributed by atoms with E-state index in [1.807, 2.05) is 31.2 Å². The van der Waals surface area contributed by atoms with E-state index in [0.717, 1.165) is 11.4 Å². The van der Waals surface area contributed by atoms with E-state index >= 15 is 0 Å². The molecule has 25 heavy (non-hydrogen) atoms. The van der Waals surface area contributed by atoms with Crippen LogP contribution in [0.1, 0.15) is 23.1 Å². The van der Waals surface area contributed by atoms with Crippen LogP contribution in [0.15, 0.2) is 48.5 Å². The zero-order valence-electron chi connectivity index (χ0n) is 13.9. The van der Waals surface area contributed by atoms with E-state index in [0.29, 0.717) is 18.0 Å². The van der Waals surface area contributed by atoms with Gasteiger partial charge in [-0.3, -0.25) is 4.79 Å². The number of carbonyl (C=O) groups excluding carboxylic acids is 1. The van der Waals surface area contributed by atoms with Crippen molar-refractivity contribution >= 4 is 11.6 Å². The van der Waals surface area contributed by atoms with Crippen molar-refractivity contribution in [2.45, 2.75) is 13.8 Å². The van der Waals surface area contributed by atoms with Gasteiger partial charge in [-0.2, -0.15) is 0 Å². The first kappa shape index (κ1) is 16.6. The summed E-state index contributed by atoms with van der Waals surface area (Å²) in [6, 6.07) is 12.9. The molecular weight excluding hydrogens is 323 g/mol. The lowest BCUT2D eigenvalue weighted by molar-refractivity contribution is 0.102. The number of benzene rings is 2. The van der Waals surface area contributed by atoms with Crippen molar-refractivity contribution < 1.29 is 13.9 Å². The van der Waals surface area contributed by atoms with Crippen LogP contribution in [0.4, 0.5) is 10.1 Å². The lowest BCUT2D eigenvalue weighted by Crippen LogP contribution is -2.14. The Labute approximate surface area is 144 Å². The average Bonchev–Trinajstić information content (AvgIpc) is 2.99. The Balaban J connectivity index is 1.80. The van der Waals surface area contributed by atoms with E-state index in [-0.39, 0.29) is 11.5 Å². The number of ether oxygens (including phenoxy) is 1. The van der Waals surface area contributed by atoms with Gasteiger partial charge in [0.15, 0.2) is 5.69 Å². The second-order valence-corrected chi connectivity index (χ2v) is 5.32. The Hall–Kier alpha value is -3.22. The molecule has 128 valence electrons. The van der Waals surface area contributed by atoms with Gasteiger partial charge in [-0.05, 0) is 62.4 Å². The fourth-order valence-corrected chi connectivity index (χ4v) is 2.36. The lowest BCUT2D eigenvalue weighted by atomic mass is 10.2. The van der Waals surface area contributed by atoms with Gasteiger partial charge in [0.2, 0.25) is 0 Å². The Morgan fingerprint density at radius 1 is 1.16 bits per heavy atom. The van der Waals surface area contributed by atoms with Crippen LogP contribution in [-0.4, -0.2) is 27.5 Å². The van der Waals surface area contributed by atoms with Crippen LogP contribution in [0.3, 0.4) is 0 Å². The molecule has 0 saturated heterocycles. The molecule has 0 radical (unpaired) electrons. The second kappa shape index (κ2) is 7.12. The van der Waals surface area contributed by atoms with E-state index in [4.69, 9.17) is 4.74 Å². The van der Waals surface area contributed by atoms with E-state index in [2.05, 4.69) is 15.6 Å². The molecule has 6 nitrogen and oxygen atoms in total. The quantitative estimate of drug-likeness (QED) is 0.773. The van der Waals surface area contributed by atoms with Crippen molar-refractivity contribution in [1.82, 2.24) is 15.0 Å². The summed E-state index contributed by atoms with van der Waals surface area (Å²) >= 11 is 0. The molecule has 0 bridgehead atoms. The topological polar surface area (TPSA) is 69.0 Å². The number of halogens is 1. The Bertz CT molecular complexity index is 873. The standard InChI is InChI=1S/C18H17FN4O2/c1-3-25-16-10-8-15(9-11-16)23-12(2)17(21-22-23)18(24)20-14-6-4-13(19)5-7-14/h4-11H,3H2,1-2H3,(H,20,24). The molecule has 0 aliphatic heterocycles. The number of carbonyl (C=O) groups is 1. The first-order chi connectivity index (χ1) is 12.1. The van der Waals surface area contributed by atoms with Crippen LogP contribution in [-0.2, 0) is 0 Å². The molecule has 3 rings (SSSR count). The molecule has 0 saturated carbocycles. The molecule has 1 N–H and O–H groups in total. The maximum Gasteiger partial charge on any atom is 0.278 e. The smallest absolute Gasteiger partial charge is 0.278 e. The average molecular weight is 340 g/mol. The minimum atomic E-state index is -0.402. The molecule has 1 aromatic heterocycles. The van der Waals surface area contributed by atoms with Crippen LogP contribution >= 0.6 is 0 Å². The molecule has 0 spiro atoms. The van der Waals surface area contributed by atoms with Crippen LogP contribution in [0.25, 0.3) is 5.69 Å². The molecule has 0 aliphatic rings. The summed E-state index contributed by atoms with van der Waals surface area (Å²) in [5.41, 5.74) is 2.07. The summed E-state index contributed by atoms with van der Waals surface area (Å²) in [7, 11) is 0. The summed E-state index contributed by atoms with van der Waals surface area (Å²) in [6.07, 6.45) is 0. The molecule has 2 aromatic carbocycles. The monoisotopic (exact) mass is 340 g/mol. The molecule has 1 amide bonds. The van der Waals surface area contributed by atoms with Crippen LogP contribution in [0.5, 0.6) is 5.75 Å². The first-order valence-electron chi connectivity index (χ1n) is 7.81. The predicted molar refractivity (Wildman–Crippen MR) is 91.6 cm³/mol. The molecule has 0 unspecified atom stereocenters. The number of nitrogens with one attached hydrogen (secondary N) is 1. The van der Waals surface area contributed by atoms with Gasteiger partial charge in [0.25, 0.3) is 5.91 Å². The number of amides is 1. The van der Waals surface area contributed by atoms with Gasteiger partial charge in [0.05, 0.1) is 18.0 Å². The number of nitrogens with zero attached hydrogens (tertiary/aromatic N) is 3. The van der Waals surface area contributed by atoms with Crippen LogP contribution in [0.2, 0.25) is 0 Å². The summed E-state index contributed by atoms with van der Waals surface area (Å²) < 4.78 is 19.9. The van der Waals surface area contributed by atoms with Gasteiger partial charge >= 0.3 is 0 Å². The third-order valence-electron chi connectivity index (χ3n) is 3.60. The van der Waals surface area contributed by atoms with Crippen molar-refractivity contribution in [3.63, 3.8) is 0 Å². The number of anilines is 1. The van der Waals surface area contributed by atoms with Crippen molar-refractivity contribution in [3.8, 4) is 11.4 Å². The molecule has 7 heteroatoms. The molecular formula is C18H17FN4O2. The SMILES string of the molecule is CCOc1ccc(-n2nnc(C(=O)Nc3ccc(F)cc3)c2C)cc1. The van der Waals surface area contributed by atoms with Gasteiger partial charge in [-0.25, -0.2) is 9.07 Å². The van der Waals surface area contributed by atoms with Crippen LogP contribution in [0, 0.1) is 12.7 Å². The summed E-state index contributed by atoms with van der Waals surface area (Å²) in [6.45, 7) is 4.27. The van der Waals surface area contributed by atoms with Crippen molar-refractivity contribution in [2.24, 2.45) is 0 Å². The first-order valence-corrected chi connectivity index (χ1v) is 7.81. The largest absolute Gasteiger partial charge is 0.494 e. The Morgan fingerprint density at radius 3 is 2.48 bits per heavy atom. The van der Waals surface area contributed by atoms with Crippen molar-refractivity contribution in [1.29, 1.82) is 0 Å². The molecule has 0 aliphatic carbocycles. The number of rotatable bonds is 5.